The number of aliphatic hydroxyl groups excluding tert-OH is 1. The monoisotopic (exact) mass is 294 g/mol. The fourth-order valence-electron chi connectivity index (χ4n) is 2.92. The van der Waals surface area contributed by atoms with Crippen molar-refractivity contribution < 1.29 is 19.6 Å². The van der Waals surface area contributed by atoms with Crippen molar-refractivity contribution in [3.63, 3.8) is 0 Å². The number of aryl methyl sites for hydroxylation is 1. The van der Waals surface area contributed by atoms with E-state index in [1.165, 1.54) is 30.1 Å². The molecule has 1 saturated heterocycles. The number of hydrogen-bond donors (Lipinski definition) is 3. The molecule has 1 aliphatic heterocycles. The Morgan fingerprint density at radius 1 is 1.05 bits per heavy atom. The molecule has 2 rings (SSSR count). The largest absolute Gasteiger partial charge is 0.491 e. The van der Waals surface area contributed by atoms with E-state index in [4.69, 9.17) is 4.74 Å². The molecule has 0 aromatic heterocycles. The van der Waals surface area contributed by atoms with Crippen molar-refractivity contribution in [2.45, 2.75) is 26.4 Å². The highest BCUT2D eigenvalue weighted by molar-refractivity contribution is 5.27. The van der Waals surface area contributed by atoms with Gasteiger partial charge in [0, 0.05) is 0 Å². The summed E-state index contributed by atoms with van der Waals surface area (Å²) in [6, 6.07) is 8.14. The van der Waals surface area contributed by atoms with Crippen LogP contribution in [-0.2, 0) is 6.42 Å². The first kappa shape index (κ1) is 16.3. The van der Waals surface area contributed by atoms with Gasteiger partial charge in [0.1, 0.15) is 51.2 Å². The van der Waals surface area contributed by atoms with E-state index in [1.54, 1.807) is 4.90 Å². The zero-order chi connectivity index (χ0) is 15.1. The summed E-state index contributed by atoms with van der Waals surface area (Å²) in [6.45, 7) is 11.5. The van der Waals surface area contributed by atoms with Gasteiger partial charge < -0.3 is 19.6 Å². The summed E-state index contributed by atoms with van der Waals surface area (Å²) in [5, 5.41) is 10.1. The van der Waals surface area contributed by atoms with Gasteiger partial charge in [0.15, 0.2) is 0 Å². The Morgan fingerprint density at radius 2 is 1.67 bits per heavy atom. The summed E-state index contributed by atoms with van der Waals surface area (Å²) in [4.78, 5) is 3.19. The number of aliphatic hydroxyl groups is 1. The summed E-state index contributed by atoms with van der Waals surface area (Å²) < 4.78 is 5.68. The maximum Gasteiger partial charge on any atom is 0.137 e. The van der Waals surface area contributed by atoms with E-state index in [2.05, 4.69) is 26.0 Å². The van der Waals surface area contributed by atoms with Gasteiger partial charge in [-0.15, -0.1) is 0 Å². The van der Waals surface area contributed by atoms with E-state index in [0.717, 1.165) is 31.8 Å². The van der Waals surface area contributed by atoms with Gasteiger partial charge in [0.25, 0.3) is 0 Å². The molecule has 118 valence electrons. The number of piperazine rings is 1. The van der Waals surface area contributed by atoms with Gasteiger partial charge in [-0.1, -0.05) is 19.1 Å². The summed E-state index contributed by atoms with van der Waals surface area (Å²) in [5.41, 5.74) is 1.31. The van der Waals surface area contributed by atoms with Crippen LogP contribution in [0.3, 0.4) is 0 Å². The molecular weight excluding hydrogens is 264 g/mol. The molecule has 0 aliphatic carbocycles. The number of hydrogen-bond acceptors (Lipinski definition) is 2. The lowest BCUT2D eigenvalue weighted by Crippen LogP contribution is -3.28. The zero-order valence-corrected chi connectivity index (χ0v) is 13.4. The first-order chi connectivity index (χ1) is 10.2. The van der Waals surface area contributed by atoms with Crippen molar-refractivity contribution in [3.8, 4) is 5.75 Å². The number of nitrogens with one attached hydrogen (secondary N) is 2. The minimum atomic E-state index is -0.381. The topological polar surface area (TPSA) is 38.3 Å². The maximum atomic E-state index is 10.1. The summed E-state index contributed by atoms with van der Waals surface area (Å²) in [6.07, 6.45) is 0.659. The highest BCUT2D eigenvalue weighted by Crippen LogP contribution is 2.12. The van der Waals surface area contributed by atoms with E-state index in [9.17, 15) is 5.11 Å². The minimum Gasteiger partial charge on any atom is -0.491 e. The van der Waals surface area contributed by atoms with E-state index in [1.807, 2.05) is 12.1 Å². The van der Waals surface area contributed by atoms with Crippen LogP contribution < -0.4 is 14.5 Å². The highest BCUT2D eigenvalue weighted by atomic mass is 16.5. The number of rotatable bonds is 7. The third-order valence-corrected chi connectivity index (χ3v) is 4.46. The molecule has 4 nitrogen and oxygen atoms in total. The molecule has 0 radical (unpaired) electrons. The Kier molecular flexibility index (Phi) is 6.49. The van der Waals surface area contributed by atoms with Crippen LogP contribution in [0.5, 0.6) is 5.75 Å². The van der Waals surface area contributed by atoms with E-state index in [-0.39, 0.29) is 6.10 Å². The molecule has 0 saturated carbocycles. The smallest absolute Gasteiger partial charge is 0.137 e. The van der Waals surface area contributed by atoms with Gasteiger partial charge >= 0.3 is 0 Å². The predicted molar refractivity (Wildman–Crippen MR) is 84.1 cm³/mol. The lowest BCUT2D eigenvalue weighted by molar-refractivity contribution is -1.01. The molecule has 4 heteroatoms. The van der Waals surface area contributed by atoms with E-state index in [0.29, 0.717) is 6.61 Å². The number of ether oxygens (including phenoxy) is 1. The van der Waals surface area contributed by atoms with Crippen molar-refractivity contribution in [2.24, 2.45) is 0 Å². The van der Waals surface area contributed by atoms with Crippen LogP contribution in [0.2, 0.25) is 0 Å². The van der Waals surface area contributed by atoms with Crippen LogP contribution in [-0.4, -0.2) is 57.1 Å². The third kappa shape index (κ3) is 5.30. The molecule has 0 spiro atoms. The molecule has 1 atom stereocenters. The summed E-state index contributed by atoms with van der Waals surface area (Å²) in [5.74, 6) is 0.849. The second kappa shape index (κ2) is 8.37. The summed E-state index contributed by atoms with van der Waals surface area (Å²) >= 11 is 0. The van der Waals surface area contributed by atoms with Crippen molar-refractivity contribution >= 4 is 0 Å². The minimum absolute atomic E-state index is 0.381. The molecule has 1 aliphatic rings. The van der Waals surface area contributed by atoms with Gasteiger partial charge in [0.2, 0.25) is 0 Å². The van der Waals surface area contributed by atoms with Gasteiger partial charge in [-0.2, -0.15) is 0 Å². The number of quaternary nitrogens is 2. The summed E-state index contributed by atoms with van der Waals surface area (Å²) in [7, 11) is 0. The van der Waals surface area contributed by atoms with Gasteiger partial charge in [-0.25, -0.2) is 0 Å². The Hall–Kier alpha value is -1.10. The quantitative estimate of drug-likeness (QED) is 0.591. The van der Waals surface area contributed by atoms with Crippen molar-refractivity contribution in [1.29, 1.82) is 0 Å². The average molecular weight is 294 g/mol. The van der Waals surface area contributed by atoms with Crippen LogP contribution in [0.4, 0.5) is 0 Å². The Bertz CT molecular complexity index is 400. The first-order valence-electron chi connectivity index (χ1n) is 8.28. The first-order valence-corrected chi connectivity index (χ1v) is 8.28. The molecular formula is C17H30N2O2+2. The molecule has 21 heavy (non-hydrogen) atoms. The van der Waals surface area contributed by atoms with Gasteiger partial charge in [0.05, 0.1) is 6.54 Å². The van der Waals surface area contributed by atoms with Crippen molar-refractivity contribution in [1.82, 2.24) is 0 Å². The second-order valence-electron chi connectivity index (χ2n) is 6.02. The molecule has 1 fully saturated rings. The molecule has 0 amide bonds. The van der Waals surface area contributed by atoms with Crippen molar-refractivity contribution in [3.05, 3.63) is 29.8 Å². The fraction of sp³-hybridized carbons (Fsp3) is 0.647. The normalized spacial score (nSPS) is 23.8. The van der Waals surface area contributed by atoms with Crippen molar-refractivity contribution in [2.75, 3.05) is 45.9 Å². The molecule has 1 heterocycles. The van der Waals surface area contributed by atoms with E-state index >= 15 is 0 Å². The van der Waals surface area contributed by atoms with Crippen LogP contribution in [0.1, 0.15) is 19.4 Å². The van der Waals surface area contributed by atoms with E-state index < -0.39 is 0 Å². The second-order valence-corrected chi connectivity index (χ2v) is 6.02. The Labute approximate surface area is 128 Å². The van der Waals surface area contributed by atoms with Gasteiger partial charge in [-0.05, 0) is 31.0 Å². The SMILES string of the molecule is CCc1ccc(OC[C@H](O)C[NH+]2CC[NH+](CC)CC2)cc1. The maximum absolute atomic E-state index is 10.1. The van der Waals surface area contributed by atoms with Crippen LogP contribution >= 0.6 is 0 Å². The molecule has 0 bridgehead atoms. The Morgan fingerprint density at radius 3 is 2.24 bits per heavy atom. The van der Waals surface area contributed by atoms with Gasteiger partial charge in [-0.3, -0.25) is 0 Å². The predicted octanol–water partition coefficient (Wildman–Crippen LogP) is -1.21. The highest BCUT2D eigenvalue weighted by Gasteiger charge is 2.23. The molecule has 3 N–H and O–H groups in total. The van der Waals surface area contributed by atoms with Crippen LogP contribution in [0.25, 0.3) is 0 Å². The third-order valence-electron chi connectivity index (χ3n) is 4.46. The molecule has 0 unspecified atom stereocenters. The Balaban J connectivity index is 1.68. The molecule has 1 aromatic carbocycles. The van der Waals surface area contributed by atoms with Crippen LogP contribution in [0, 0.1) is 0 Å². The lowest BCUT2D eigenvalue weighted by atomic mass is 10.2. The lowest BCUT2D eigenvalue weighted by Gasteiger charge is -2.30. The zero-order valence-electron chi connectivity index (χ0n) is 13.4. The number of benzene rings is 1. The standard InChI is InChI=1S/C17H28N2O2/c1-3-15-5-7-17(8-6-15)21-14-16(20)13-19-11-9-18(4-2)10-12-19/h5-8,16,20H,3-4,9-14H2,1-2H3/p+2/t16-/m1/s1. The number of likely N-dealkylation sites (N-methyl/N-ethyl adjacent to an activating group) is 1. The average Bonchev–Trinajstić information content (AvgIpc) is 2.54. The van der Waals surface area contributed by atoms with Crippen LogP contribution in [0.15, 0.2) is 24.3 Å². The fourth-order valence-corrected chi connectivity index (χ4v) is 2.92. The molecule has 1 aromatic rings.